The molecule has 4 aromatic carbocycles. The van der Waals surface area contributed by atoms with Crippen molar-refractivity contribution in [2.75, 3.05) is 24.3 Å². The van der Waals surface area contributed by atoms with E-state index in [-0.39, 0.29) is 33.1 Å². The monoisotopic (exact) mass is 886 g/mol. The van der Waals surface area contributed by atoms with Crippen molar-refractivity contribution in [2.24, 2.45) is 18.9 Å². The van der Waals surface area contributed by atoms with E-state index in [0.29, 0.717) is 45.8 Å². The van der Waals surface area contributed by atoms with E-state index in [1.54, 1.807) is 41.9 Å². The summed E-state index contributed by atoms with van der Waals surface area (Å²) < 4.78 is 112. The van der Waals surface area contributed by atoms with Crippen LogP contribution in [0.3, 0.4) is 0 Å². The smallest absolute Gasteiger partial charge is 0.294 e. The lowest BCUT2D eigenvalue weighted by atomic mass is 9.83. The number of benzene rings is 4. The Morgan fingerprint density at radius 2 is 1.42 bits per heavy atom. The molecule has 2 heterocycles. The van der Waals surface area contributed by atoms with Crippen molar-refractivity contribution in [1.82, 2.24) is 0 Å². The zero-order valence-corrected chi connectivity index (χ0v) is 35.4. The van der Waals surface area contributed by atoms with Crippen molar-refractivity contribution in [1.29, 1.82) is 0 Å². The minimum Gasteiger partial charge on any atom is -0.744 e. The molecule has 0 radical (unpaired) electrons. The highest BCUT2D eigenvalue weighted by Crippen LogP contribution is 2.53. The lowest BCUT2D eigenvalue weighted by Crippen LogP contribution is -2.30. The number of nitrogens with zero attached hydrogens (tertiary/aromatic N) is 2. The first-order valence-corrected chi connectivity index (χ1v) is 24.0. The third-order valence-corrected chi connectivity index (χ3v) is 15.2. The molecule has 3 aliphatic rings. The summed E-state index contributed by atoms with van der Waals surface area (Å²) >= 11 is 1.56. The second-order valence-electron chi connectivity index (χ2n) is 14.8. The molecule has 2 aliphatic carbocycles. The lowest BCUT2D eigenvalue weighted by Gasteiger charge is -2.32. The highest BCUT2D eigenvalue weighted by molar-refractivity contribution is 8.03. The van der Waals surface area contributed by atoms with Gasteiger partial charge in [-0.15, -0.1) is 11.8 Å². The number of carbonyl (C=O) groups is 1. The van der Waals surface area contributed by atoms with Crippen molar-refractivity contribution < 1.29 is 53.0 Å². The van der Waals surface area contributed by atoms with Crippen LogP contribution in [0, 0.1) is 11.8 Å². The molecule has 0 saturated heterocycles. The Morgan fingerprint density at radius 3 is 2.05 bits per heavy atom. The molecule has 0 amide bonds. The Balaban J connectivity index is 1.32. The van der Waals surface area contributed by atoms with Crippen LogP contribution in [-0.4, -0.2) is 64.8 Å². The van der Waals surface area contributed by atoms with Crippen molar-refractivity contribution in [3.05, 3.63) is 130 Å². The summed E-state index contributed by atoms with van der Waals surface area (Å²) in [5.41, 5.74) is 7.03. The van der Waals surface area contributed by atoms with E-state index in [9.17, 15) is 43.7 Å². The third-order valence-electron chi connectivity index (χ3n) is 11.5. The van der Waals surface area contributed by atoms with Crippen LogP contribution in [-0.2, 0) is 46.9 Å². The summed E-state index contributed by atoms with van der Waals surface area (Å²) in [6, 6.07) is 20.5. The van der Waals surface area contributed by atoms with Gasteiger partial charge < -0.3 is 14.2 Å². The number of rotatable bonds is 11. The predicted octanol–water partition coefficient (Wildman–Crippen LogP) is 6.96. The minimum atomic E-state index is -4.71. The van der Waals surface area contributed by atoms with Gasteiger partial charge in [-0.05, 0) is 90.3 Å². The second kappa shape index (κ2) is 15.7. The van der Waals surface area contributed by atoms with Gasteiger partial charge in [0.05, 0.1) is 36.8 Å². The number of aryl methyl sites for hydroxylation is 1. The summed E-state index contributed by atoms with van der Waals surface area (Å²) in [7, 11) is -10.4. The molecule has 60 heavy (non-hydrogen) atoms. The van der Waals surface area contributed by atoms with Gasteiger partial charge in [0.1, 0.15) is 23.8 Å². The van der Waals surface area contributed by atoms with Crippen molar-refractivity contribution in [3.63, 3.8) is 0 Å². The van der Waals surface area contributed by atoms with Crippen LogP contribution in [0.2, 0.25) is 0 Å². The summed E-state index contributed by atoms with van der Waals surface area (Å²) in [6.07, 6.45) is 10.8. The minimum absolute atomic E-state index is 0.174. The van der Waals surface area contributed by atoms with Gasteiger partial charge in [-0.1, -0.05) is 48.6 Å². The molecular formula is C43H38N2O11S4. The van der Waals surface area contributed by atoms with Crippen molar-refractivity contribution >= 4 is 93.4 Å². The molecular weight excluding hydrogens is 849 g/mol. The standard InChI is InChI=1S/C43H38N2O11S4/c1-44-39-6-4-3-5-35(39)33(36-12-9-28(22-40(36)44)58(47,48)49)17-15-31-26-7-8-27(21-26)32(43(31)57-20-19-56-25-46)16-18-34-37-13-10-29(59(50,51)52)23-41(37)45(2)42-24-30(60(53,54)55)11-14-38(34)42/h3-6,9-18,22-27H,7-8,19-21H2,1-2H3,(H2-,47,48,49,50,51,52,53,54,55). The number of hydrogen-bond donors (Lipinski definition) is 2. The molecule has 1 saturated carbocycles. The number of hydrogen-bond acceptors (Lipinski definition) is 11. The molecule has 0 spiro atoms. The average molecular weight is 887 g/mol. The van der Waals surface area contributed by atoms with Gasteiger partial charge in [0, 0.05) is 46.5 Å². The maximum Gasteiger partial charge on any atom is 0.294 e. The van der Waals surface area contributed by atoms with Crippen LogP contribution in [0.1, 0.15) is 36.0 Å². The molecule has 1 fully saturated rings. The zero-order chi connectivity index (χ0) is 42.7. The SMILES string of the molecule is CN1c2cc(S(=O)(=O)O)ccc2C(=C/C=C2C(SCCOC=O)=C(/C=C/c3c4ccccc4[n+](C)c4cc(S(=O)(=O)[O-])ccc34)C3CCC/2C3)c2ccc(S(=O)(=O)O)cc21. The van der Waals surface area contributed by atoms with Crippen LogP contribution in [0.25, 0.3) is 33.5 Å². The van der Waals surface area contributed by atoms with Gasteiger partial charge in [-0.25, -0.2) is 8.42 Å². The van der Waals surface area contributed by atoms with Crippen molar-refractivity contribution in [3.8, 4) is 0 Å². The number of para-hydroxylation sites is 1. The maximum absolute atomic E-state index is 12.2. The van der Waals surface area contributed by atoms with Gasteiger partial charge in [-0.2, -0.15) is 21.4 Å². The maximum atomic E-state index is 12.2. The molecule has 2 unspecified atom stereocenters. The Labute approximate surface area is 351 Å². The molecule has 1 aliphatic heterocycles. The highest BCUT2D eigenvalue weighted by atomic mass is 32.2. The number of carbonyl (C=O) groups excluding carboxylic acids is 1. The molecule has 310 valence electrons. The summed E-state index contributed by atoms with van der Waals surface area (Å²) in [5, 5.41) is 1.67. The number of fused-ring (bicyclic) bond motifs is 6. The van der Waals surface area contributed by atoms with E-state index in [1.165, 1.54) is 36.4 Å². The number of anilines is 2. The van der Waals surface area contributed by atoms with E-state index >= 15 is 0 Å². The first kappa shape index (κ1) is 41.6. The highest BCUT2D eigenvalue weighted by Gasteiger charge is 2.37. The fourth-order valence-corrected chi connectivity index (χ4v) is 11.4. The van der Waals surface area contributed by atoms with E-state index in [0.717, 1.165) is 57.2 Å². The zero-order valence-electron chi connectivity index (χ0n) is 32.2. The van der Waals surface area contributed by atoms with Gasteiger partial charge in [-0.3, -0.25) is 13.9 Å². The van der Waals surface area contributed by atoms with Crippen LogP contribution in [0.5, 0.6) is 0 Å². The Hall–Kier alpha value is -5.14. The molecule has 8 rings (SSSR count). The molecule has 2 atom stereocenters. The number of aromatic nitrogens is 1. The largest absolute Gasteiger partial charge is 0.744 e. The Bertz CT molecular complexity index is 3030. The fraction of sp³-hybridized carbons (Fsp3) is 0.209. The van der Waals surface area contributed by atoms with Gasteiger partial charge in [0.15, 0.2) is 0 Å². The van der Waals surface area contributed by atoms with Gasteiger partial charge in [0.25, 0.3) is 26.7 Å². The topological polar surface area (TPSA) is 199 Å². The first-order valence-electron chi connectivity index (χ1n) is 18.8. The number of pyridine rings is 1. The molecule has 2 bridgehead atoms. The molecule has 13 nitrogen and oxygen atoms in total. The second-order valence-corrected chi connectivity index (χ2v) is 20.2. The fourth-order valence-electron chi connectivity index (χ4n) is 8.69. The average Bonchev–Trinajstić information content (AvgIpc) is 3.64. The molecule has 1 aromatic heterocycles. The lowest BCUT2D eigenvalue weighted by molar-refractivity contribution is -0.617. The number of thioether (sulfide) groups is 1. The van der Waals surface area contributed by atoms with E-state index in [4.69, 9.17) is 4.74 Å². The number of allylic oxidation sites excluding steroid dienone is 5. The summed E-state index contributed by atoms with van der Waals surface area (Å²) in [6.45, 7) is 0.583. The summed E-state index contributed by atoms with van der Waals surface area (Å²) in [4.78, 5) is 12.7. The van der Waals surface area contributed by atoms with E-state index in [1.807, 2.05) is 54.1 Å². The molecule has 2 N–H and O–H groups in total. The van der Waals surface area contributed by atoms with Crippen LogP contribution >= 0.6 is 11.8 Å². The van der Waals surface area contributed by atoms with Crippen molar-refractivity contribution in [2.45, 2.75) is 33.9 Å². The molecule has 17 heteroatoms. The van der Waals surface area contributed by atoms with Gasteiger partial charge in [0.2, 0.25) is 11.0 Å². The molecule has 5 aromatic rings. The third kappa shape index (κ3) is 7.70. The number of ether oxygens (including phenoxy) is 1. The summed E-state index contributed by atoms with van der Waals surface area (Å²) in [5.74, 6) is 0.853. The van der Waals surface area contributed by atoms with Gasteiger partial charge >= 0.3 is 0 Å². The predicted molar refractivity (Wildman–Crippen MR) is 228 cm³/mol. The van der Waals surface area contributed by atoms with Crippen LogP contribution in [0.15, 0.2) is 128 Å². The normalized spacial score (nSPS) is 18.7. The first-order chi connectivity index (χ1) is 28.5. The van der Waals surface area contributed by atoms with E-state index < -0.39 is 30.4 Å². The Kier molecular flexibility index (Phi) is 10.9. The van der Waals surface area contributed by atoms with Crippen LogP contribution in [0.4, 0.5) is 11.4 Å². The van der Waals surface area contributed by atoms with Crippen LogP contribution < -0.4 is 9.47 Å². The van der Waals surface area contributed by atoms with E-state index in [2.05, 4.69) is 6.08 Å². The quantitative estimate of drug-likeness (QED) is 0.0454. The Morgan fingerprint density at radius 1 is 0.800 bits per heavy atom.